The number of hydrogen-bond acceptors (Lipinski definition) is 2. The van der Waals surface area contributed by atoms with E-state index in [4.69, 9.17) is 0 Å². The van der Waals surface area contributed by atoms with E-state index in [-0.39, 0.29) is 57.8 Å². The number of benzene rings is 4. The van der Waals surface area contributed by atoms with E-state index in [1.54, 1.807) is 19.1 Å². The first-order valence-corrected chi connectivity index (χ1v) is 34.7. The van der Waals surface area contributed by atoms with Crippen LogP contribution in [0.15, 0.2) is 133 Å². The molecular formula is C44H69I6O2-. The van der Waals surface area contributed by atoms with Gasteiger partial charge in [0.05, 0.1) is 0 Å². The Labute approximate surface area is 393 Å². The molecule has 0 fully saturated rings. The van der Waals surface area contributed by atoms with Crippen LogP contribution in [0.5, 0.6) is 0 Å². The van der Waals surface area contributed by atoms with Gasteiger partial charge >= 0.3 is 50.5 Å². The van der Waals surface area contributed by atoms with Crippen molar-refractivity contribution in [3.63, 3.8) is 0 Å². The Morgan fingerprint density at radius 3 is 0.962 bits per heavy atom. The van der Waals surface area contributed by atoms with Crippen molar-refractivity contribution in [1.82, 2.24) is 0 Å². The van der Waals surface area contributed by atoms with E-state index >= 15 is 0 Å². The molecule has 0 radical (unpaired) electrons. The normalized spacial score (nSPS) is 7.81. The Kier molecular flexibility index (Phi) is 92.8. The van der Waals surface area contributed by atoms with Crippen molar-refractivity contribution in [2.75, 3.05) is 0 Å². The van der Waals surface area contributed by atoms with Crippen molar-refractivity contribution in [2.24, 2.45) is 0 Å². The summed E-state index contributed by atoms with van der Waals surface area (Å²) in [6.45, 7) is 19.6. The van der Waals surface area contributed by atoms with E-state index in [0.29, 0.717) is 19.7 Å². The molecule has 4 aromatic carbocycles. The maximum atomic E-state index is 10.9. The van der Waals surface area contributed by atoms with Crippen LogP contribution in [-0.4, -0.2) is 11.6 Å². The van der Waals surface area contributed by atoms with Crippen molar-refractivity contribution < 1.29 is 22.8 Å². The molecule has 0 unspecified atom stereocenters. The van der Waals surface area contributed by atoms with Crippen LogP contribution in [0.1, 0.15) is 106 Å². The first-order valence-electron chi connectivity index (χ1n) is 15.9. The maximum absolute atomic E-state index is 10.9. The van der Waals surface area contributed by atoms with Crippen molar-refractivity contribution in [1.29, 1.82) is 0 Å². The summed E-state index contributed by atoms with van der Waals surface area (Å²) in [5.74, 6) is 0.243. The van der Waals surface area contributed by atoms with Gasteiger partial charge in [-0.3, -0.25) is 9.59 Å². The molecule has 0 aliphatic heterocycles. The number of carbonyl (C=O) groups is 2. The zero-order valence-corrected chi connectivity index (χ0v) is 43.8. The van der Waals surface area contributed by atoms with E-state index in [0.717, 1.165) is 11.1 Å². The molecule has 0 saturated heterocycles. The Morgan fingerprint density at radius 1 is 0.538 bits per heavy atom. The van der Waals surface area contributed by atoms with Gasteiger partial charge in [0.15, 0.2) is 11.6 Å². The average molecular weight is 1390 g/mol. The molecule has 2 nitrogen and oxygen atoms in total. The topological polar surface area (TPSA) is 34.1 Å². The fourth-order valence-electron chi connectivity index (χ4n) is 2.72. The molecule has 0 saturated carbocycles. The van der Waals surface area contributed by atoms with Gasteiger partial charge in [-0.2, -0.15) is 0 Å². The molecule has 0 amide bonds. The van der Waals surface area contributed by atoms with Gasteiger partial charge < -0.3 is 0 Å². The Morgan fingerprint density at radius 2 is 0.769 bits per heavy atom. The second kappa shape index (κ2) is 65.9. The van der Waals surface area contributed by atoms with Crippen molar-refractivity contribution >= 4 is 122 Å². The molecule has 0 spiro atoms. The summed E-state index contributed by atoms with van der Waals surface area (Å²) in [5.41, 5.74) is 4.77. The van der Waals surface area contributed by atoms with Gasteiger partial charge in [-0.05, 0) is 44.1 Å². The van der Waals surface area contributed by atoms with Gasteiger partial charge in [0.1, 0.15) is 0 Å². The minimum absolute atomic E-state index is 0. The molecule has 8 heteroatoms. The minimum atomic E-state index is 0. The van der Waals surface area contributed by atoms with Gasteiger partial charge in [-0.1, -0.05) is 215 Å². The Balaban J connectivity index is -0.0000000614. The summed E-state index contributed by atoms with van der Waals surface area (Å²) >= 11 is 9.54. The third-order valence-electron chi connectivity index (χ3n) is 4.80. The fourth-order valence-corrected chi connectivity index (χ4v) is 2.72. The third kappa shape index (κ3) is 62.1. The van der Waals surface area contributed by atoms with E-state index < -0.39 is 0 Å². The van der Waals surface area contributed by atoms with Gasteiger partial charge in [0, 0.05) is 43.7 Å². The van der Waals surface area contributed by atoms with Gasteiger partial charge in [-0.25, -0.2) is 0 Å². The molecule has 52 heavy (non-hydrogen) atoms. The third-order valence-corrected chi connectivity index (χ3v) is 4.80. The quantitative estimate of drug-likeness (QED) is 0.147. The van der Waals surface area contributed by atoms with E-state index in [1.807, 2.05) is 158 Å². The van der Waals surface area contributed by atoms with Crippen molar-refractivity contribution in [3.05, 3.63) is 156 Å². The van der Waals surface area contributed by atoms with Crippen LogP contribution in [-0.2, 0) is 9.59 Å². The number of rotatable bonds is 5. The number of aryl methyl sites for hydroxylation is 2. The van der Waals surface area contributed by atoms with E-state index in [1.165, 1.54) is 11.1 Å². The van der Waals surface area contributed by atoms with Gasteiger partial charge in [0.25, 0.3) is 0 Å². The number of allylic oxidation sites excluding steroid dienone is 2. The molecule has 4 aromatic rings. The van der Waals surface area contributed by atoms with Gasteiger partial charge in [0.2, 0.25) is 0 Å². The first kappa shape index (κ1) is 73.2. The second-order valence-corrected chi connectivity index (χ2v) is 24.5. The molecular weight excluding hydrogens is 1320 g/mol. The SMILES string of the molecule is C.C.C.CC.CC.CC.CC(=O)/C=C/c1ccccc1.CCC(=O)/C=C/c1ccccc1.Cc1ccccc1.Cc1ccccc1.I.II.I[I-]I. The number of hydrogen-bond donors (Lipinski definition) is 0. The summed E-state index contributed by atoms with van der Waals surface area (Å²) in [4.78, 5) is 21.4. The zero-order chi connectivity index (χ0) is 37.8. The summed E-state index contributed by atoms with van der Waals surface area (Å²) in [5, 5.41) is 0. The van der Waals surface area contributed by atoms with Crippen LogP contribution < -0.4 is 13.3 Å². The van der Waals surface area contributed by atoms with E-state index in [9.17, 15) is 9.59 Å². The number of halogens is 6. The molecule has 0 atom stereocenters. The van der Waals surface area contributed by atoms with Crippen LogP contribution in [0.4, 0.5) is 0 Å². The number of ketones is 2. The predicted octanol–water partition coefficient (Wildman–Crippen LogP) is 15.1. The summed E-state index contributed by atoms with van der Waals surface area (Å²) in [6, 6.07) is 40.1. The molecule has 0 aliphatic rings. The summed E-state index contributed by atoms with van der Waals surface area (Å²) in [7, 11) is 0. The van der Waals surface area contributed by atoms with Crippen molar-refractivity contribution in [3.8, 4) is 0 Å². The van der Waals surface area contributed by atoms with Crippen LogP contribution >= 0.6 is 98.4 Å². The number of carbonyl (C=O) groups excluding carboxylic acids is 2. The van der Waals surface area contributed by atoms with E-state index in [2.05, 4.69) is 113 Å². The molecule has 0 aromatic heterocycles. The molecule has 0 bridgehead atoms. The molecule has 4 rings (SSSR count). The Hall–Kier alpha value is 0.0800. The zero-order valence-electron chi connectivity index (χ0n) is 30.7. The van der Waals surface area contributed by atoms with Crippen LogP contribution in [0.3, 0.4) is 0 Å². The first-order chi connectivity index (χ1) is 23.3. The van der Waals surface area contributed by atoms with Crippen LogP contribution in [0.2, 0.25) is 0 Å². The fraction of sp³-hybridized carbons (Fsp3) is 0.318. The molecule has 0 N–H and O–H groups in total. The predicted molar refractivity (Wildman–Crippen MR) is 285 cm³/mol. The summed E-state index contributed by atoms with van der Waals surface area (Å²) < 4.78 is 0. The molecule has 0 aliphatic carbocycles. The molecule has 0 heterocycles. The molecule has 300 valence electrons. The second-order valence-electron chi connectivity index (χ2n) is 8.28. The van der Waals surface area contributed by atoms with Gasteiger partial charge in [-0.15, -0.1) is 24.0 Å². The van der Waals surface area contributed by atoms with Crippen LogP contribution in [0, 0.1) is 13.8 Å². The Bertz CT molecular complexity index is 1180. The van der Waals surface area contributed by atoms with Crippen LogP contribution in [0.25, 0.3) is 12.2 Å². The monoisotopic (exact) mass is 1390 g/mol. The average Bonchev–Trinajstić information content (AvgIpc) is 3.16. The van der Waals surface area contributed by atoms with Crippen molar-refractivity contribution in [2.45, 2.75) is 97.9 Å². The standard InChI is InChI=1S/C11H12O.C10H10O.2C7H8.3C2H6.3CH4.I3.I2.HI/c1-2-11(12)9-8-10-6-4-3-5-7-10;1-9(11)7-8-10-5-3-2-4-6-10;2*1-7-5-3-2-4-6-7;3*1-2;;;;1-3-2;1-2;/h3-9H,2H2,1H3;2-8H,1H3;2*2-6H,1H3;3*1-2H3;3*1H4;;;1H/q;;;;;;;;;;-1;;/b9-8+;8-7+;;;;;;;;;;;. The summed E-state index contributed by atoms with van der Waals surface area (Å²) in [6.07, 6.45) is 7.40.